The molecule has 1 aromatic heterocycles. The second-order valence-electron chi connectivity index (χ2n) is 4.14. The van der Waals surface area contributed by atoms with E-state index in [-0.39, 0.29) is 25.0 Å². The predicted octanol–water partition coefficient (Wildman–Crippen LogP) is 0.786. The van der Waals surface area contributed by atoms with Crippen LogP contribution in [-0.4, -0.2) is 55.2 Å². The first-order valence-electron chi connectivity index (χ1n) is 5.74. The molecule has 0 saturated carbocycles. The van der Waals surface area contributed by atoms with Gasteiger partial charge in [-0.1, -0.05) is 0 Å². The number of hydrogen-bond acceptors (Lipinski definition) is 5. The molecule has 0 aliphatic rings. The van der Waals surface area contributed by atoms with Crippen LogP contribution in [-0.2, 0) is 9.53 Å². The van der Waals surface area contributed by atoms with Crippen LogP contribution in [0.1, 0.15) is 16.6 Å². The molecule has 1 aromatic rings. The van der Waals surface area contributed by atoms with Gasteiger partial charge < -0.3 is 20.1 Å². The molecule has 0 bridgehead atoms. The Bertz CT molecular complexity index is 447. The number of anilines is 1. The van der Waals surface area contributed by atoms with Gasteiger partial charge in [-0.2, -0.15) is 0 Å². The van der Waals surface area contributed by atoms with Gasteiger partial charge in [0.15, 0.2) is 0 Å². The maximum atomic E-state index is 12.1. The van der Waals surface area contributed by atoms with Crippen molar-refractivity contribution in [2.75, 3.05) is 32.6 Å². The molecule has 106 valence electrons. The number of ether oxygens (including phenoxy) is 1. The van der Waals surface area contributed by atoms with Crippen LogP contribution in [0.3, 0.4) is 0 Å². The largest absolute Gasteiger partial charge is 0.389 e. The Kier molecular flexibility index (Phi) is 5.94. The van der Waals surface area contributed by atoms with E-state index in [9.17, 15) is 14.7 Å². The van der Waals surface area contributed by atoms with Crippen LogP contribution in [0.25, 0.3) is 0 Å². The highest BCUT2D eigenvalue weighted by atomic mass is 32.1. The molecule has 0 aliphatic carbocycles. The number of methoxy groups -OCH3 is 1. The summed E-state index contributed by atoms with van der Waals surface area (Å²) in [5.74, 6) is -0.374. The lowest BCUT2D eigenvalue weighted by Crippen LogP contribution is -2.35. The monoisotopic (exact) mass is 286 g/mol. The average Bonchev–Trinajstić information content (AvgIpc) is 2.75. The van der Waals surface area contributed by atoms with Gasteiger partial charge in [0.2, 0.25) is 5.91 Å². The Hall–Kier alpha value is -1.44. The molecule has 0 radical (unpaired) electrons. The first-order chi connectivity index (χ1) is 8.93. The molecule has 6 nitrogen and oxygen atoms in total. The van der Waals surface area contributed by atoms with Gasteiger partial charge in [-0.05, 0) is 12.1 Å². The molecular formula is C12H18N2O4S. The SMILES string of the molecule is COCC(O)CN(C)C(=O)c1ccc(NC(C)=O)s1. The van der Waals surface area contributed by atoms with E-state index in [4.69, 9.17) is 4.74 Å². The third kappa shape index (κ3) is 4.98. The molecule has 19 heavy (non-hydrogen) atoms. The number of aliphatic hydroxyl groups excluding tert-OH is 1. The number of hydrogen-bond donors (Lipinski definition) is 2. The Balaban J connectivity index is 2.61. The average molecular weight is 286 g/mol. The second-order valence-corrected chi connectivity index (χ2v) is 5.22. The van der Waals surface area contributed by atoms with Crippen LogP contribution in [0, 0.1) is 0 Å². The van der Waals surface area contributed by atoms with Crippen molar-refractivity contribution in [2.45, 2.75) is 13.0 Å². The van der Waals surface area contributed by atoms with Gasteiger partial charge in [0, 0.05) is 27.6 Å². The van der Waals surface area contributed by atoms with Gasteiger partial charge in [0.25, 0.3) is 5.91 Å². The fourth-order valence-electron chi connectivity index (χ4n) is 1.53. The van der Waals surface area contributed by atoms with E-state index in [0.717, 1.165) is 0 Å². The van der Waals surface area contributed by atoms with E-state index in [1.165, 1.54) is 30.3 Å². The smallest absolute Gasteiger partial charge is 0.263 e. The van der Waals surface area contributed by atoms with E-state index >= 15 is 0 Å². The predicted molar refractivity (Wildman–Crippen MR) is 73.5 cm³/mol. The van der Waals surface area contributed by atoms with E-state index in [1.807, 2.05) is 0 Å². The number of nitrogens with one attached hydrogen (secondary N) is 1. The van der Waals surface area contributed by atoms with E-state index < -0.39 is 6.10 Å². The molecule has 0 fully saturated rings. The van der Waals surface area contributed by atoms with E-state index in [1.54, 1.807) is 19.2 Å². The summed E-state index contributed by atoms with van der Waals surface area (Å²) in [5, 5.41) is 12.8. The van der Waals surface area contributed by atoms with Crippen molar-refractivity contribution < 1.29 is 19.4 Å². The lowest BCUT2D eigenvalue weighted by molar-refractivity contribution is -0.114. The Morgan fingerprint density at radius 1 is 1.53 bits per heavy atom. The maximum Gasteiger partial charge on any atom is 0.263 e. The zero-order valence-corrected chi connectivity index (χ0v) is 12.0. The Morgan fingerprint density at radius 2 is 2.21 bits per heavy atom. The van der Waals surface area contributed by atoms with Crippen molar-refractivity contribution >= 4 is 28.2 Å². The normalized spacial score (nSPS) is 12.0. The van der Waals surface area contributed by atoms with Crippen molar-refractivity contribution in [1.82, 2.24) is 4.90 Å². The number of thiophene rings is 1. The molecule has 1 heterocycles. The number of rotatable bonds is 6. The van der Waals surface area contributed by atoms with Crippen molar-refractivity contribution in [1.29, 1.82) is 0 Å². The van der Waals surface area contributed by atoms with Crippen molar-refractivity contribution in [3.8, 4) is 0 Å². The van der Waals surface area contributed by atoms with Crippen LogP contribution in [0.15, 0.2) is 12.1 Å². The van der Waals surface area contributed by atoms with Crippen LogP contribution >= 0.6 is 11.3 Å². The molecule has 0 spiro atoms. The summed E-state index contributed by atoms with van der Waals surface area (Å²) in [6.45, 7) is 1.79. The minimum Gasteiger partial charge on any atom is -0.389 e. The third-order valence-electron chi connectivity index (χ3n) is 2.31. The fourth-order valence-corrected chi connectivity index (χ4v) is 2.47. The highest BCUT2D eigenvalue weighted by Crippen LogP contribution is 2.22. The summed E-state index contributed by atoms with van der Waals surface area (Å²) in [4.78, 5) is 24.9. The third-order valence-corrected chi connectivity index (χ3v) is 3.30. The van der Waals surface area contributed by atoms with Crippen molar-refractivity contribution in [3.05, 3.63) is 17.0 Å². The molecule has 1 unspecified atom stereocenters. The highest BCUT2D eigenvalue weighted by molar-refractivity contribution is 7.18. The summed E-state index contributed by atoms with van der Waals surface area (Å²) < 4.78 is 4.80. The molecule has 1 rings (SSSR count). The number of carbonyl (C=O) groups excluding carboxylic acids is 2. The highest BCUT2D eigenvalue weighted by Gasteiger charge is 2.17. The molecule has 1 atom stereocenters. The van der Waals surface area contributed by atoms with E-state index in [2.05, 4.69) is 5.32 Å². The lowest BCUT2D eigenvalue weighted by Gasteiger charge is -2.19. The minimum atomic E-state index is -0.714. The van der Waals surface area contributed by atoms with Crippen LogP contribution in [0.4, 0.5) is 5.00 Å². The molecule has 0 aromatic carbocycles. The topological polar surface area (TPSA) is 78.9 Å². The number of likely N-dealkylation sites (N-methyl/N-ethyl adjacent to an activating group) is 1. The summed E-state index contributed by atoms with van der Waals surface area (Å²) in [6.07, 6.45) is -0.714. The molecular weight excluding hydrogens is 268 g/mol. The van der Waals surface area contributed by atoms with Crippen LogP contribution in [0.5, 0.6) is 0 Å². The maximum absolute atomic E-state index is 12.1. The van der Waals surface area contributed by atoms with E-state index in [0.29, 0.717) is 9.88 Å². The standard InChI is InChI=1S/C12H18N2O4S/c1-8(15)13-11-5-4-10(19-11)12(17)14(2)6-9(16)7-18-3/h4-5,9,16H,6-7H2,1-3H3,(H,13,15). The van der Waals surface area contributed by atoms with Crippen molar-refractivity contribution in [2.24, 2.45) is 0 Å². The minimum absolute atomic E-state index is 0.176. The molecule has 0 aliphatic heterocycles. The number of carbonyl (C=O) groups is 2. The Labute approximate surface area is 116 Å². The van der Waals surface area contributed by atoms with Gasteiger partial charge in [-0.3, -0.25) is 9.59 Å². The summed E-state index contributed by atoms with van der Waals surface area (Å²) in [5.41, 5.74) is 0. The number of aliphatic hydroxyl groups is 1. The van der Waals surface area contributed by atoms with Crippen LogP contribution < -0.4 is 5.32 Å². The summed E-state index contributed by atoms with van der Waals surface area (Å²) in [6, 6.07) is 3.33. The zero-order chi connectivity index (χ0) is 14.4. The van der Waals surface area contributed by atoms with Gasteiger partial charge in [-0.15, -0.1) is 11.3 Å². The molecule has 2 N–H and O–H groups in total. The van der Waals surface area contributed by atoms with Gasteiger partial charge >= 0.3 is 0 Å². The number of nitrogens with zero attached hydrogens (tertiary/aromatic N) is 1. The lowest BCUT2D eigenvalue weighted by atomic mass is 10.3. The van der Waals surface area contributed by atoms with Gasteiger partial charge in [0.05, 0.1) is 22.6 Å². The van der Waals surface area contributed by atoms with Crippen LogP contribution in [0.2, 0.25) is 0 Å². The van der Waals surface area contributed by atoms with Gasteiger partial charge in [0.1, 0.15) is 0 Å². The first kappa shape index (κ1) is 15.6. The molecule has 0 saturated heterocycles. The summed E-state index contributed by atoms with van der Waals surface area (Å²) in [7, 11) is 3.10. The molecule has 2 amide bonds. The molecule has 7 heteroatoms. The van der Waals surface area contributed by atoms with Gasteiger partial charge in [-0.25, -0.2) is 0 Å². The number of amides is 2. The second kappa shape index (κ2) is 7.22. The Morgan fingerprint density at radius 3 is 2.79 bits per heavy atom. The summed E-state index contributed by atoms with van der Waals surface area (Å²) >= 11 is 1.20. The first-order valence-corrected chi connectivity index (χ1v) is 6.55. The zero-order valence-electron chi connectivity index (χ0n) is 11.2. The fraction of sp³-hybridized carbons (Fsp3) is 0.500. The van der Waals surface area contributed by atoms with Crippen molar-refractivity contribution in [3.63, 3.8) is 0 Å². The quantitative estimate of drug-likeness (QED) is 0.810.